The molecule has 2 rings (SSSR count). The number of rotatable bonds is 4. The Balaban J connectivity index is 2.09. The summed E-state index contributed by atoms with van der Waals surface area (Å²) in [6.45, 7) is 1.89. The van der Waals surface area contributed by atoms with E-state index in [1.54, 1.807) is 30.5 Å². The molecule has 0 fully saturated rings. The molecule has 3 nitrogen and oxygen atoms in total. The van der Waals surface area contributed by atoms with E-state index in [9.17, 15) is 4.79 Å². The van der Waals surface area contributed by atoms with Crippen molar-refractivity contribution in [2.75, 3.05) is 0 Å². The number of ketones is 1. The van der Waals surface area contributed by atoms with Gasteiger partial charge in [-0.25, -0.2) is 4.98 Å². The summed E-state index contributed by atoms with van der Waals surface area (Å²) in [7, 11) is 1.91. The van der Waals surface area contributed by atoms with Crippen LogP contribution in [0.25, 0.3) is 0 Å². The lowest BCUT2D eigenvalue weighted by Gasteiger charge is -2.09. The smallest absolute Gasteiger partial charge is 0.175 e. The van der Waals surface area contributed by atoms with Crippen molar-refractivity contribution in [1.29, 1.82) is 0 Å². The lowest BCUT2D eigenvalue weighted by Crippen LogP contribution is -2.14. The number of hydrogen-bond donors (Lipinski definition) is 0. The number of carbonyl (C=O) groups is 1. The molecule has 0 aliphatic rings. The van der Waals surface area contributed by atoms with Crippen LogP contribution in [0.1, 0.15) is 17.3 Å². The van der Waals surface area contributed by atoms with Crippen LogP contribution in [0.5, 0.6) is 0 Å². The van der Waals surface area contributed by atoms with E-state index in [1.165, 1.54) is 11.8 Å². The third-order valence-corrected chi connectivity index (χ3v) is 3.98. The van der Waals surface area contributed by atoms with E-state index in [-0.39, 0.29) is 11.0 Å². The van der Waals surface area contributed by atoms with E-state index in [0.717, 1.165) is 5.16 Å². The number of benzene rings is 1. The maximum atomic E-state index is 12.2. The highest BCUT2D eigenvalue weighted by Gasteiger charge is 2.18. The van der Waals surface area contributed by atoms with Crippen molar-refractivity contribution in [3.05, 3.63) is 47.2 Å². The number of Topliss-reactive ketones (excluding diaryl/α,β-unsaturated/α-hetero) is 1. The van der Waals surface area contributed by atoms with Crippen LogP contribution in [0, 0.1) is 0 Å². The summed E-state index contributed by atoms with van der Waals surface area (Å²) in [5.74, 6) is 0.0830. The minimum atomic E-state index is -0.174. The van der Waals surface area contributed by atoms with Crippen LogP contribution in [0.2, 0.25) is 5.02 Å². The van der Waals surface area contributed by atoms with Gasteiger partial charge in [0.25, 0.3) is 0 Å². The monoisotopic (exact) mass is 280 g/mol. The van der Waals surface area contributed by atoms with E-state index in [1.807, 2.05) is 24.7 Å². The van der Waals surface area contributed by atoms with Gasteiger partial charge in [0.15, 0.2) is 10.9 Å². The number of aromatic nitrogens is 2. The fourth-order valence-electron chi connectivity index (χ4n) is 1.53. The van der Waals surface area contributed by atoms with Crippen LogP contribution in [0.3, 0.4) is 0 Å². The molecule has 0 saturated carbocycles. The van der Waals surface area contributed by atoms with Gasteiger partial charge in [0.05, 0.1) is 5.25 Å². The van der Waals surface area contributed by atoms with Crippen molar-refractivity contribution in [3.63, 3.8) is 0 Å². The van der Waals surface area contributed by atoms with Gasteiger partial charge in [-0.3, -0.25) is 4.79 Å². The summed E-state index contributed by atoms with van der Waals surface area (Å²) in [5.41, 5.74) is 0.675. The molecule has 0 bridgehead atoms. The Bertz CT molecular complexity index is 550. The van der Waals surface area contributed by atoms with E-state index in [2.05, 4.69) is 4.98 Å². The summed E-state index contributed by atoms with van der Waals surface area (Å²) in [6, 6.07) is 6.96. The van der Waals surface area contributed by atoms with Crippen molar-refractivity contribution in [2.24, 2.45) is 7.05 Å². The van der Waals surface area contributed by atoms with Gasteiger partial charge in [0, 0.05) is 30.0 Å². The van der Waals surface area contributed by atoms with Crippen molar-refractivity contribution in [2.45, 2.75) is 17.3 Å². The lowest BCUT2D eigenvalue weighted by atomic mass is 10.1. The quantitative estimate of drug-likeness (QED) is 0.636. The summed E-state index contributed by atoms with van der Waals surface area (Å²) in [6.07, 6.45) is 3.59. The molecule has 1 heterocycles. The highest BCUT2D eigenvalue weighted by atomic mass is 35.5. The SMILES string of the molecule is CC(Sc1nccn1C)C(=O)c1ccc(Cl)cc1. The molecule has 5 heteroatoms. The van der Waals surface area contributed by atoms with Gasteiger partial charge in [-0.05, 0) is 31.2 Å². The Morgan fingerprint density at radius 2 is 2.06 bits per heavy atom. The highest BCUT2D eigenvalue weighted by Crippen LogP contribution is 2.24. The Morgan fingerprint density at radius 3 is 2.61 bits per heavy atom. The largest absolute Gasteiger partial charge is 0.329 e. The molecule has 0 aliphatic heterocycles. The van der Waals surface area contributed by atoms with Gasteiger partial charge in [0.2, 0.25) is 0 Å². The number of thioether (sulfide) groups is 1. The van der Waals surface area contributed by atoms with Crippen LogP contribution < -0.4 is 0 Å². The van der Waals surface area contributed by atoms with E-state index >= 15 is 0 Å². The third-order valence-electron chi connectivity index (χ3n) is 2.56. The average molecular weight is 281 g/mol. The number of hydrogen-bond acceptors (Lipinski definition) is 3. The Kier molecular flexibility index (Phi) is 4.09. The number of carbonyl (C=O) groups excluding carboxylic acids is 1. The van der Waals surface area contributed by atoms with Crippen LogP contribution in [-0.4, -0.2) is 20.6 Å². The van der Waals surface area contributed by atoms with Crippen LogP contribution in [0.4, 0.5) is 0 Å². The fourth-order valence-corrected chi connectivity index (χ4v) is 2.56. The fraction of sp³-hybridized carbons (Fsp3) is 0.231. The third kappa shape index (κ3) is 2.94. The average Bonchev–Trinajstić information content (AvgIpc) is 2.75. The minimum absolute atomic E-state index is 0.0830. The molecule has 0 radical (unpaired) electrons. The second-order valence-corrected chi connectivity index (χ2v) is 5.70. The van der Waals surface area contributed by atoms with Crippen molar-refractivity contribution >= 4 is 29.1 Å². The standard InChI is InChI=1S/C13H13ClN2OS/c1-9(18-13-15-7-8-16(13)2)12(17)10-3-5-11(14)6-4-10/h3-9H,1-2H3. The maximum absolute atomic E-state index is 12.2. The number of aryl methyl sites for hydroxylation is 1. The van der Waals surface area contributed by atoms with E-state index < -0.39 is 0 Å². The summed E-state index contributed by atoms with van der Waals surface area (Å²) in [4.78, 5) is 16.4. The highest BCUT2D eigenvalue weighted by molar-refractivity contribution is 8.00. The molecule has 2 aromatic rings. The number of imidazole rings is 1. The first-order valence-electron chi connectivity index (χ1n) is 5.51. The van der Waals surface area contributed by atoms with Crippen LogP contribution in [0.15, 0.2) is 41.8 Å². The molecule has 0 amide bonds. The first-order chi connectivity index (χ1) is 8.58. The molecule has 18 heavy (non-hydrogen) atoms. The zero-order chi connectivity index (χ0) is 13.1. The van der Waals surface area contributed by atoms with Crippen molar-refractivity contribution in [3.8, 4) is 0 Å². The van der Waals surface area contributed by atoms with Crippen molar-refractivity contribution in [1.82, 2.24) is 9.55 Å². The zero-order valence-corrected chi connectivity index (χ0v) is 11.7. The molecule has 0 spiro atoms. The van der Waals surface area contributed by atoms with Gasteiger partial charge in [0.1, 0.15) is 0 Å². The van der Waals surface area contributed by atoms with E-state index in [0.29, 0.717) is 10.6 Å². The Morgan fingerprint density at radius 1 is 1.39 bits per heavy atom. The summed E-state index contributed by atoms with van der Waals surface area (Å²) < 4.78 is 1.90. The van der Waals surface area contributed by atoms with Gasteiger partial charge in [-0.1, -0.05) is 23.4 Å². The number of halogens is 1. The molecule has 94 valence electrons. The molecule has 1 atom stereocenters. The molecule has 0 aliphatic carbocycles. The Hall–Kier alpha value is -1.26. The number of nitrogens with zero attached hydrogens (tertiary/aromatic N) is 2. The molecular weight excluding hydrogens is 268 g/mol. The molecule has 0 saturated heterocycles. The van der Waals surface area contributed by atoms with Crippen LogP contribution >= 0.6 is 23.4 Å². The molecule has 1 aromatic carbocycles. The van der Waals surface area contributed by atoms with E-state index in [4.69, 9.17) is 11.6 Å². The zero-order valence-electron chi connectivity index (χ0n) is 10.1. The molecule has 1 aromatic heterocycles. The predicted octanol–water partition coefficient (Wildman–Crippen LogP) is 3.44. The van der Waals surface area contributed by atoms with Gasteiger partial charge < -0.3 is 4.57 Å². The predicted molar refractivity (Wildman–Crippen MR) is 74.3 cm³/mol. The Labute approximate surface area is 115 Å². The molecular formula is C13H13ClN2OS. The first kappa shape index (κ1) is 13.2. The normalized spacial score (nSPS) is 12.4. The topological polar surface area (TPSA) is 34.9 Å². The van der Waals surface area contributed by atoms with Gasteiger partial charge in [-0.15, -0.1) is 0 Å². The maximum Gasteiger partial charge on any atom is 0.175 e. The minimum Gasteiger partial charge on any atom is -0.329 e. The molecule has 1 unspecified atom stereocenters. The van der Waals surface area contributed by atoms with Crippen LogP contribution in [-0.2, 0) is 7.05 Å². The van der Waals surface area contributed by atoms with Crippen molar-refractivity contribution < 1.29 is 4.79 Å². The summed E-state index contributed by atoms with van der Waals surface area (Å²) >= 11 is 7.26. The van der Waals surface area contributed by atoms with Gasteiger partial charge >= 0.3 is 0 Å². The second kappa shape index (κ2) is 5.59. The van der Waals surface area contributed by atoms with Gasteiger partial charge in [-0.2, -0.15) is 0 Å². The summed E-state index contributed by atoms with van der Waals surface area (Å²) in [5, 5.41) is 1.30. The lowest BCUT2D eigenvalue weighted by molar-refractivity contribution is 0.0994. The molecule has 0 N–H and O–H groups in total. The first-order valence-corrected chi connectivity index (χ1v) is 6.77. The second-order valence-electron chi connectivity index (χ2n) is 3.95.